The average Bonchev–Trinajstić information content (AvgIpc) is 3.44. The molecule has 0 amide bonds. The van der Waals surface area contributed by atoms with Gasteiger partial charge in [0.1, 0.15) is 28.0 Å². The fourth-order valence-corrected chi connectivity index (χ4v) is 4.95. The highest BCUT2D eigenvalue weighted by atomic mass is 16.5. The molecule has 7 rings (SSSR count). The van der Waals surface area contributed by atoms with E-state index >= 15 is 0 Å². The maximum atomic E-state index is 5.50. The minimum atomic E-state index is 0.743. The minimum Gasteiger partial charge on any atom is -0.497 e. The zero-order chi connectivity index (χ0) is 24.2. The van der Waals surface area contributed by atoms with Crippen LogP contribution in [0, 0.1) is 0 Å². The van der Waals surface area contributed by atoms with Crippen LogP contribution in [0.3, 0.4) is 0 Å². The normalized spacial score (nSPS) is 11.6. The van der Waals surface area contributed by atoms with Crippen molar-refractivity contribution in [3.05, 3.63) is 91.1 Å². The van der Waals surface area contributed by atoms with Crippen molar-refractivity contribution < 1.29 is 9.47 Å². The molecule has 36 heavy (non-hydrogen) atoms. The summed E-state index contributed by atoms with van der Waals surface area (Å²) in [5.74, 6) is 1.55. The van der Waals surface area contributed by atoms with Gasteiger partial charge >= 0.3 is 0 Å². The van der Waals surface area contributed by atoms with Gasteiger partial charge in [-0.25, -0.2) is 9.97 Å². The van der Waals surface area contributed by atoms with Crippen LogP contribution in [0.5, 0.6) is 11.5 Å². The molecule has 0 saturated carbocycles. The van der Waals surface area contributed by atoms with E-state index in [1.165, 1.54) is 0 Å². The van der Waals surface area contributed by atoms with Gasteiger partial charge in [0.25, 0.3) is 0 Å². The summed E-state index contributed by atoms with van der Waals surface area (Å²) in [6.07, 6.45) is 1.79. The van der Waals surface area contributed by atoms with Crippen LogP contribution in [0.15, 0.2) is 91.1 Å². The van der Waals surface area contributed by atoms with Gasteiger partial charge in [0.15, 0.2) is 11.3 Å². The number of methoxy groups -OCH3 is 2. The summed E-state index contributed by atoms with van der Waals surface area (Å²) in [6.45, 7) is 0. The molecule has 7 aromatic rings. The SMILES string of the molecule is COc1cccc(-n2c3ccccc3c3nc4c(nc32)c2ncccc2n4-c2cccc(OC)c2)c1. The van der Waals surface area contributed by atoms with Crippen molar-refractivity contribution in [3.8, 4) is 22.9 Å². The van der Waals surface area contributed by atoms with Crippen LogP contribution in [-0.2, 0) is 0 Å². The molecule has 0 unspecified atom stereocenters. The third kappa shape index (κ3) is 2.89. The third-order valence-electron chi connectivity index (χ3n) is 6.56. The van der Waals surface area contributed by atoms with E-state index in [0.717, 1.165) is 67.1 Å². The largest absolute Gasteiger partial charge is 0.497 e. The Morgan fingerprint density at radius 2 is 1.19 bits per heavy atom. The average molecular weight is 472 g/mol. The number of para-hydroxylation sites is 1. The summed E-state index contributed by atoms with van der Waals surface area (Å²) in [5.41, 5.74) is 7.74. The monoisotopic (exact) mass is 471 g/mol. The number of hydrogen-bond donors (Lipinski definition) is 0. The summed E-state index contributed by atoms with van der Waals surface area (Å²) >= 11 is 0. The zero-order valence-electron chi connectivity index (χ0n) is 19.7. The first-order valence-corrected chi connectivity index (χ1v) is 11.6. The van der Waals surface area contributed by atoms with Gasteiger partial charge in [-0.3, -0.25) is 14.1 Å². The maximum Gasteiger partial charge on any atom is 0.166 e. The van der Waals surface area contributed by atoms with Crippen molar-refractivity contribution in [1.82, 2.24) is 24.1 Å². The molecule has 0 fully saturated rings. The van der Waals surface area contributed by atoms with E-state index in [1.54, 1.807) is 20.4 Å². The quantitative estimate of drug-likeness (QED) is 0.311. The van der Waals surface area contributed by atoms with E-state index in [1.807, 2.05) is 66.7 Å². The standard InChI is InChI=1S/C29H21N5O2/c1-35-20-10-5-8-18(16-20)33-23-13-4-3-12-22(23)25-28(33)32-27-26-24(14-7-15-30-26)34(29(27)31-25)19-9-6-11-21(17-19)36-2/h3-17H,1-2H3. The van der Waals surface area contributed by atoms with E-state index in [4.69, 9.17) is 24.4 Å². The number of nitrogens with zero attached hydrogens (tertiary/aromatic N) is 5. The molecule has 7 heteroatoms. The van der Waals surface area contributed by atoms with Gasteiger partial charge < -0.3 is 9.47 Å². The maximum absolute atomic E-state index is 5.50. The van der Waals surface area contributed by atoms with Crippen LogP contribution < -0.4 is 9.47 Å². The number of ether oxygens (including phenoxy) is 2. The molecule has 0 radical (unpaired) electrons. The number of aromatic nitrogens is 5. The van der Waals surface area contributed by atoms with Crippen molar-refractivity contribution in [2.75, 3.05) is 14.2 Å². The van der Waals surface area contributed by atoms with Crippen molar-refractivity contribution >= 4 is 44.3 Å². The van der Waals surface area contributed by atoms with Gasteiger partial charge in [-0.05, 0) is 42.5 Å². The Bertz CT molecular complexity index is 1790. The molecule has 3 aromatic carbocycles. The highest BCUT2D eigenvalue weighted by Gasteiger charge is 2.21. The Hall–Kier alpha value is -4.91. The topological polar surface area (TPSA) is 67.0 Å². The van der Waals surface area contributed by atoms with E-state index in [0.29, 0.717) is 0 Å². The minimum absolute atomic E-state index is 0.743. The molecule has 0 N–H and O–H groups in total. The second-order valence-corrected chi connectivity index (χ2v) is 8.53. The first kappa shape index (κ1) is 20.5. The molecule has 0 saturated heterocycles. The molecule has 0 atom stereocenters. The van der Waals surface area contributed by atoms with Crippen molar-refractivity contribution in [3.63, 3.8) is 0 Å². The molecule has 0 aliphatic rings. The second-order valence-electron chi connectivity index (χ2n) is 8.53. The number of pyridine rings is 1. The Kier molecular flexibility index (Phi) is 4.44. The van der Waals surface area contributed by atoms with E-state index in [-0.39, 0.29) is 0 Å². The number of fused-ring (bicyclic) bond motifs is 6. The lowest BCUT2D eigenvalue weighted by Gasteiger charge is -2.09. The zero-order valence-corrected chi connectivity index (χ0v) is 19.7. The van der Waals surface area contributed by atoms with Crippen LogP contribution in [0.2, 0.25) is 0 Å². The Morgan fingerprint density at radius 3 is 1.92 bits per heavy atom. The lowest BCUT2D eigenvalue weighted by Crippen LogP contribution is -1.99. The number of rotatable bonds is 4. The molecule has 0 aliphatic heterocycles. The summed E-state index contributed by atoms with van der Waals surface area (Å²) in [7, 11) is 3.34. The lowest BCUT2D eigenvalue weighted by atomic mass is 10.2. The first-order valence-electron chi connectivity index (χ1n) is 11.6. The molecular weight excluding hydrogens is 450 g/mol. The molecule has 4 aromatic heterocycles. The predicted molar refractivity (Wildman–Crippen MR) is 142 cm³/mol. The number of hydrogen-bond acceptors (Lipinski definition) is 5. The van der Waals surface area contributed by atoms with Gasteiger partial charge in [0.05, 0.1) is 36.6 Å². The van der Waals surface area contributed by atoms with E-state index in [2.05, 4.69) is 27.3 Å². The molecule has 0 bridgehead atoms. The molecule has 0 spiro atoms. The fourth-order valence-electron chi connectivity index (χ4n) is 4.95. The predicted octanol–water partition coefficient (Wildman–Crippen LogP) is 6.08. The van der Waals surface area contributed by atoms with Gasteiger partial charge in [-0.1, -0.05) is 30.3 Å². The van der Waals surface area contributed by atoms with E-state index < -0.39 is 0 Å². The molecular formula is C29H21N5O2. The molecule has 7 nitrogen and oxygen atoms in total. The van der Waals surface area contributed by atoms with Crippen LogP contribution in [0.1, 0.15) is 0 Å². The Balaban J connectivity index is 1.64. The van der Waals surface area contributed by atoms with Crippen molar-refractivity contribution in [1.29, 1.82) is 0 Å². The fraction of sp³-hybridized carbons (Fsp3) is 0.0690. The number of benzene rings is 3. The smallest absolute Gasteiger partial charge is 0.166 e. The Labute approximate surface area is 206 Å². The van der Waals surface area contributed by atoms with Crippen LogP contribution in [-0.4, -0.2) is 38.3 Å². The summed E-state index contributed by atoms with van der Waals surface area (Å²) in [4.78, 5) is 15.1. The third-order valence-corrected chi connectivity index (χ3v) is 6.56. The summed E-state index contributed by atoms with van der Waals surface area (Å²) < 4.78 is 15.2. The van der Waals surface area contributed by atoms with E-state index in [9.17, 15) is 0 Å². The highest BCUT2D eigenvalue weighted by molar-refractivity contribution is 6.11. The molecule has 174 valence electrons. The summed E-state index contributed by atoms with van der Waals surface area (Å²) in [6, 6.07) is 28.2. The second kappa shape index (κ2) is 7.81. The Morgan fingerprint density at radius 1 is 0.583 bits per heavy atom. The first-order chi connectivity index (χ1) is 17.8. The van der Waals surface area contributed by atoms with Gasteiger partial charge in [-0.15, -0.1) is 0 Å². The van der Waals surface area contributed by atoms with Crippen LogP contribution in [0.25, 0.3) is 55.6 Å². The van der Waals surface area contributed by atoms with Gasteiger partial charge in [0, 0.05) is 23.7 Å². The highest BCUT2D eigenvalue weighted by Crippen LogP contribution is 2.35. The van der Waals surface area contributed by atoms with Crippen LogP contribution >= 0.6 is 0 Å². The molecule has 0 aliphatic carbocycles. The lowest BCUT2D eigenvalue weighted by molar-refractivity contribution is 0.414. The summed E-state index contributed by atoms with van der Waals surface area (Å²) in [5, 5.41) is 1.03. The van der Waals surface area contributed by atoms with Crippen LogP contribution in [0.4, 0.5) is 0 Å². The van der Waals surface area contributed by atoms with Gasteiger partial charge in [-0.2, -0.15) is 0 Å². The van der Waals surface area contributed by atoms with Gasteiger partial charge in [0.2, 0.25) is 0 Å². The van der Waals surface area contributed by atoms with Crippen molar-refractivity contribution in [2.24, 2.45) is 0 Å². The molecule has 4 heterocycles. The van der Waals surface area contributed by atoms with Crippen molar-refractivity contribution in [2.45, 2.75) is 0 Å².